The third kappa shape index (κ3) is 5.20. The molecule has 1 aromatic heterocycles. The molecule has 0 aliphatic carbocycles. The van der Waals surface area contributed by atoms with Crippen molar-refractivity contribution in [1.29, 1.82) is 0 Å². The van der Waals surface area contributed by atoms with Crippen LogP contribution in [-0.4, -0.2) is 29.4 Å². The summed E-state index contributed by atoms with van der Waals surface area (Å²) in [6.45, 7) is 6.99. The van der Waals surface area contributed by atoms with Gasteiger partial charge in [0.25, 0.3) is 11.8 Å². The number of ether oxygens (including phenoxy) is 1. The van der Waals surface area contributed by atoms with Crippen LogP contribution in [0.25, 0.3) is 0 Å². The molecule has 0 saturated carbocycles. The van der Waals surface area contributed by atoms with E-state index in [-0.39, 0.29) is 17.0 Å². The monoisotopic (exact) mass is 358 g/mol. The number of anilines is 1. The van der Waals surface area contributed by atoms with Crippen molar-refractivity contribution in [2.45, 2.75) is 39.3 Å². The highest BCUT2D eigenvalue weighted by Crippen LogP contribution is 2.18. The Balaban J connectivity index is 2.09. The first kappa shape index (κ1) is 19.2. The first-order chi connectivity index (χ1) is 12.2. The maximum Gasteiger partial charge on any atom is 0.341 e. The molecule has 2 aromatic rings. The lowest BCUT2D eigenvalue weighted by atomic mass is 10.1. The Hall–Kier alpha value is -3.09. The molecule has 1 atom stereocenters. The Morgan fingerprint density at radius 3 is 2.38 bits per heavy atom. The lowest BCUT2D eigenvalue weighted by molar-refractivity contribution is -0.130. The van der Waals surface area contributed by atoms with Crippen molar-refractivity contribution < 1.29 is 23.5 Å². The van der Waals surface area contributed by atoms with E-state index < -0.39 is 29.4 Å². The molecule has 0 unspecified atom stereocenters. The first-order valence-electron chi connectivity index (χ1n) is 8.14. The van der Waals surface area contributed by atoms with Gasteiger partial charge in [0.15, 0.2) is 11.9 Å². The van der Waals surface area contributed by atoms with Crippen LogP contribution in [-0.2, 0) is 9.53 Å². The molecule has 1 aromatic carbocycles. The minimum absolute atomic E-state index is 0.117. The van der Waals surface area contributed by atoms with Crippen LogP contribution >= 0.6 is 0 Å². The second-order valence-electron chi connectivity index (χ2n) is 6.76. The summed E-state index contributed by atoms with van der Waals surface area (Å²) in [6.07, 6.45) is 0.403. The topological polar surface area (TPSA) is 97.6 Å². The molecule has 0 fully saturated rings. The Morgan fingerprint density at radius 1 is 1.08 bits per heavy atom. The first-order valence-corrected chi connectivity index (χ1v) is 8.14. The lowest BCUT2D eigenvalue weighted by Crippen LogP contribution is -2.46. The van der Waals surface area contributed by atoms with Gasteiger partial charge in [-0.05, 0) is 52.0 Å². The van der Waals surface area contributed by atoms with Crippen LogP contribution in [0.4, 0.5) is 5.69 Å². The molecule has 26 heavy (non-hydrogen) atoms. The van der Waals surface area contributed by atoms with Crippen molar-refractivity contribution in [2.24, 2.45) is 0 Å². The summed E-state index contributed by atoms with van der Waals surface area (Å²) in [6, 6.07) is 9.48. The smallest absolute Gasteiger partial charge is 0.341 e. The van der Waals surface area contributed by atoms with Crippen LogP contribution < -0.4 is 10.6 Å². The predicted octanol–water partition coefficient (Wildman–Crippen LogP) is 2.99. The number of hydrogen-bond donors (Lipinski definition) is 2. The van der Waals surface area contributed by atoms with Crippen molar-refractivity contribution >= 4 is 23.5 Å². The van der Waals surface area contributed by atoms with E-state index >= 15 is 0 Å². The predicted molar refractivity (Wildman–Crippen MR) is 95.9 cm³/mol. The highest BCUT2D eigenvalue weighted by molar-refractivity contribution is 6.06. The average Bonchev–Trinajstić information content (AvgIpc) is 3.08. The van der Waals surface area contributed by atoms with E-state index in [0.29, 0.717) is 0 Å². The number of para-hydroxylation sites is 1. The van der Waals surface area contributed by atoms with E-state index in [9.17, 15) is 14.4 Å². The summed E-state index contributed by atoms with van der Waals surface area (Å²) in [5, 5.41) is 5.34. The highest BCUT2D eigenvalue weighted by atomic mass is 16.5. The second kappa shape index (κ2) is 7.86. The van der Waals surface area contributed by atoms with Crippen molar-refractivity contribution in [3.05, 3.63) is 54.0 Å². The van der Waals surface area contributed by atoms with Gasteiger partial charge in [-0.2, -0.15) is 0 Å². The number of esters is 1. The fourth-order valence-corrected chi connectivity index (χ4v) is 2.11. The molecule has 2 amide bonds. The third-order valence-corrected chi connectivity index (χ3v) is 3.29. The third-order valence-electron chi connectivity index (χ3n) is 3.29. The maximum absolute atomic E-state index is 12.4. The van der Waals surface area contributed by atoms with Crippen LogP contribution in [0, 0.1) is 0 Å². The summed E-state index contributed by atoms with van der Waals surface area (Å²) >= 11 is 0. The number of furan rings is 1. The van der Waals surface area contributed by atoms with Gasteiger partial charge in [0.1, 0.15) is 0 Å². The van der Waals surface area contributed by atoms with Crippen LogP contribution in [0.15, 0.2) is 47.1 Å². The van der Waals surface area contributed by atoms with Gasteiger partial charge < -0.3 is 19.8 Å². The molecule has 0 spiro atoms. The molecule has 7 heteroatoms. The molecule has 138 valence electrons. The van der Waals surface area contributed by atoms with Gasteiger partial charge in [-0.15, -0.1) is 0 Å². The zero-order chi connectivity index (χ0) is 19.3. The molecular formula is C19H22N2O5. The van der Waals surface area contributed by atoms with Gasteiger partial charge in [-0.25, -0.2) is 4.79 Å². The molecule has 0 bridgehead atoms. The van der Waals surface area contributed by atoms with Gasteiger partial charge in [0.05, 0.1) is 17.5 Å². The largest absolute Gasteiger partial charge is 0.459 e. The van der Waals surface area contributed by atoms with Crippen LogP contribution in [0.1, 0.15) is 48.6 Å². The zero-order valence-corrected chi connectivity index (χ0v) is 15.2. The number of carbonyl (C=O) groups excluding carboxylic acids is 3. The fourth-order valence-electron chi connectivity index (χ4n) is 2.11. The van der Waals surface area contributed by atoms with E-state index in [1.165, 1.54) is 25.3 Å². The summed E-state index contributed by atoms with van der Waals surface area (Å²) in [5.41, 5.74) is -0.0303. The molecule has 0 aliphatic heterocycles. The SMILES string of the molecule is C[C@@H](OC(=O)c1ccccc1NC(=O)c1ccco1)C(=O)NC(C)(C)C. The molecule has 0 radical (unpaired) electrons. The number of benzene rings is 1. The normalized spacial score (nSPS) is 12.2. The van der Waals surface area contributed by atoms with Crippen LogP contribution in [0.3, 0.4) is 0 Å². The van der Waals surface area contributed by atoms with Crippen molar-refractivity contribution in [1.82, 2.24) is 5.32 Å². The number of hydrogen-bond acceptors (Lipinski definition) is 5. The average molecular weight is 358 g/mol. The van der Waals surface area contributed by atoms with Crippen LogP contribution in [0.2, 0.25) is 0 Å². The standard InChI is InChI=1S/C19H22N2O5/c1-12(16(22)21-19(2,3)4)26-18(24)13-8-5-6-9-14(13)20-17(23)15-10-7-11-25-15/h5-12H,1-4H3,(H,20,23)(H,21,22)/t12-/m1/s1. The number of amides is 2. The zero-order valence-electron chi connectivity index (χ0n) is 15.2. The summed E-state index contributed by atoms with van der Waals surface area (Å²) < 4.78 is 10.3. The van der Waals surface area contributed by atoms with E-state index in [0.717, 1.165) is 0 Å². The van der Waals surface area contributed by atoms with Gasteiger partial charge >= 0.3 is 5.97 Å². The van der Waals surface area contributed by atoms with E-state index in [2.05, 4.69) is 10.6 Å². The second-order valence-corrected chi connectivity index (χ2v) is 6.76. The number of carbonyl (C=O) groups is 3. The van der Waals surface area contributed by atoms with Crippen molar-refractivity contribution in [2.75, 3.05) is 5.32 Å². The van der Waals surface area contributed by atoms with Gasteiger partial charge in [-0.1, -0.05) is 12.1 Å². The minimum atomic E-state index is -0.976. The fraction of sp³-hybridized carbons (Fsp3) is 0.316. The van der Waals surface area contributed by atoms with Gasteiger partial charge in [-0.3, -0.25) is 9.59 Å². The molecule has 2 rings (SSSR count). The molecule has 0 saturated heterocycles. The van der Waals surface area contributed by atoms with E-state index in [1.807, 2.05) is 20.8 Å². The van der Waals surface area contributed by atoms with Crippen molar-refractivity contribution in [3.63, 3.8) is 0 Å². The van der Waals surface area contributed by atoms with Gasteiger partial charge in [0, 0.05) is 5.54 Å². The highest BCUT2D eigenvalue weighted by Gasteiger charge is 2.24. The van der Waals surface area contributed by atoms with Crippen molar-refractivity contribution in [3.8, 4) is 0 Å². The molecule has 0 aliphatic rings. The quantitative estimate of drug-likeness (QED) is 0.801. The van der Waals surface area contributed by atoms with Gasteiger partial charge in [0.2, 0.25) is 0 Å². The van der Waals surface area contributed by atoms with E-state index in [4.69, 9.17) is 9.15 Å². The lowest BCUT2D eigenvalue weighted by Gasteiger charge is -2.23. The summed E-state index contributed by atoms with van der Waals surface area (Å²) in [4.78, 5) is 36.6. The Bertz CT molecular complexity index is 791. The maximum atomic E-state index is 12.4. The molecule has 7 nitrogen and oxygen atoms in total. The molecule has 2 N–H and O–H groups in total. The number of rotatable bonds is 5. The summed E-state index contributed by atoms with van der Waals surface area (Å²) in [5.74, 6) is -1.49. The van der Waals surface area contributed by atoms with E-state index in [1.54, 1.807) is 24.3 Å². The molecular weight excluding hydrogens is 336 g/mol. The Kier molecular flexibility index (Phi) is 5.82. The minimum Gasteiger partial charge on any atom is -0.459 e. The Labute approximate surface area is 151 Å². The Morgan fingerprint density at radius 2 is 1.77 bits per heavy atom. The molecule has 1 heterocycles. The van der Waals surface area contributed by atoms with Crippen LogP contribution in [0.5, 0.6) is 0 Å². The number of nitrogens with one attached hydrogen (secondary N) is 2. The summed E-state index contributed by atoms with van der Waals surface area (Å²) in [7, 11) is 0.